The van der Waals surface area contributed by atoms with Gasteiger partial charge < -0.3 is 29.5 Å². The van der Waals surface area contributed by atoms with Gasteiger partial charge in [0.1, 0.15) is 24.0 Å². The number of aliphatic hydroxyl groups is 2. The van der Waals surface area contributed by atoms with Crippen LogP contribution in [0.15, 0.2) is 60.7 Å². The molecule has 4 aliphatic rings. The molecule has 4 heterocycles. The summed E-state index contributed by atoms with van der Waals surface area (Å²) in [6, 6.07) is 20.9. The molecule has 8 nitrogen and oxygen atoms in total. The Morgan fingerprint density at radius 3 is 1.16 bits per heavy atom. The molecule has 0 saturated carbocycles. The first kappa shape index (κ1) is 41.4. The Labute approximate surface area is 314 Å². The van der Waals surface area contributed by atoms with Crippen molar-refractivity contribution in [3.05, 3.63) is 71.8 Å². The van der Waals surface area contributed by atoms with Gasteiger partial charge in [-0.2, -0.15) is 0 Å². The topological polar surface area (TPSA) is 99.5 Å². The number of nitrogens with zero attached hydrogens (tertiary/aromatic N) is 2. The number of carbonyl (C=O) groups is 2. The summed E-state index contributed by atoms with van der Waals surface area (Å²) in [7, 11) is 29.4. The molecular weight excluding hydrogens is 940 g/mol. The van der Waals surface area contributed by atoms with E-state index in [1.807, 2.05) is 60.7 Å². The zero-order valence-corrected chi connectivity index (χ0v) is 34.3. The fraction of sp³-hybridized carbons (Fsp3) is 0.588. The van der Waals surface area contributed by atoms with Gasteiger partial charge in [0.2, 0.25) is 0 Å². The summed E-state index contributed by atoms with van der Waals surface area (Å²) in [6.45, 7) is -0.412. The molecule has 0 aliphatic carbocycles. The molecule has 2 aromatic rings. The molecule has 4 aliphatic heterocycles. The molecule has 2 N–H and O–H groups in total. The van der Waals surface area contributed by atoms with E-state index in [-0.39, 0.29) is 40.2 Å². The average Bonchev–Trinajstić information content (AvgIpc) is 3.34. The molecule has 4 fully saturated rings. The summed E-state index contributed by atoms with van der Waals surface area (Å²) in [6.07, 6.45) is 8.52. The first-order valence-electron chi connectivity index (χ1n) is 16.3. The van der Waals surface area contributed by atoms with E-state index in [1.54, 1.807) is 0 Å². The Bertz CT molecular complexity index is 1270. The molecule has 49 heavy (non-hydrogen) atoms. The number of esters is 2. The predicted octanol–water partition coefficient (Wildman–Crippen LogP) is 8.22. The van der Waals surface area contributed by atoms with E-state index in [2.05, 4.69) is 23.9 Å². The summed E-state index contributed by atoms with van der Waals surface area (Å²) >= 11 is 0. The SMILES string of the molecule is CN1[C@@H]2CC[C@H]1CC(OC(=O)C(CO)c1ccccc1)C2.CN1[C@@H]2CC[C@H]1CC(OC(=O)C(CO)c1ccccc1)C2.[Cl][Pt-2]([Cl])([Cl])([Cl])([Cl])[Cl].[H+].[H+]. The monoisotopic (exact) mass is 985 g/mol. The zero-order chi connectivity index (χ0) is 36.0. The van der Waals surface area contributed by atoms with Gasteiger partial charge in [-0.15, -0.1) is 0 Å². The summed E-state index contributed by atoms with van der Waals surface area (Å²) in [5.41, 5.74) is 1.64. The molecule has 0 radical (unpaired) electrons. The smallest absolute Gasteiger partial charge is 1.00 e. The predicted molar refractivity (Wildman–Crippen MR) is 197 cm³/mol. The molecule has 0 aromatic heterocycles. The van der Waals surface area contributed by atoms with Crippen molar-refractivity contribution >= 4 is 68.4 Å². The Hall–Kier alpha value is -0.352. The van der Waals surface area contributed by atoms with Crippen molar-refractivity contribution in [2.45, 2.75) is 99.6 Å². The van der Waals surface area contributed by atoms with E-state index in [0.717, 1.165) is 36.8 Å². The third-order valence-electron chi connectivity index (χ3n) is 10.0. The van der Waals surface area contributed by atoms with Crippen LogP contribution in [0.5, 0.6) is 0 Å². The van der Waals surface area contributed by atoms with Crippen LogP contribution in [-0.4, -0.2) is 95.6 Å². The van der Waals surface area contributed by atoms with Crippen LogP contribution in [0.25, 0.3) is 0 Å². The van der Waals surface area contributed by atoms with Crippen molar-refractivity contribution in [3.63, 3.8) is 0 Å². The number of aliphatic hydroxyl groups excluding tert-OH is 2. The van der Waals surface area contributed by atoms with Crippen LogP contribution in [0.2, 0.25) is 0 Å². The standard InChI is InChI=1S/2C17H23NO3.6ClH.Pt/c2*1-18-13-7-8-14(18)10-15(9-13)21-17(20)16(11-19)12-5-3-2-4-6-12;;;;;;;/h2*2-6,13-16,19H,7-11H2,1H3;6*1H;/q;;;;;;;;+4/p-4/t2*13-,14+,15?,16?;;;;;;;. The number of hydrogen-bond donors (Lipinski definition) is 2. The molecule has 4 bridgehead atoms. The Morgan fingerprint density at radius 2 is 0.918 bits per heavy atom. The van der Waals surface area contributed by atoms with E-state index in [4.69, 9.17) is 66.0 Å². The zero-order valence-electron chi connectivity index (χ0n) is 29.5. The Balaban J connectivity index is 0.000000289. The van der Waals surface area contributed by atoms with Crippen molar-refractivity contribution in [1.29, 1.82) is 0 Å². The fourth-order valence-electron chi connectivity index (χ4n) is 7.41. The van der Waals surface area contributed by atoms with Crippen molar-refractivity contribution in [3.8, 4) is 0 Å². The van der Waals surface area contributed by atoms with Crippen LogP contribution in [0.4, 0.5) is 0 Å². The van der Waals surface area contributed by atoms with Gasteiger partial charge in [-0.05, 0) is 76.6 Å². The van der Waals surface area contributed by atoms with Crippen LogP contribution >= 0.6 is 56.5 Å². The summed E-state index contributed by atoms with van der Waals surface area (Å²) in [5.74, 6) is -1.72. The number of rotatable bonds is 8. The van der Waals surface area contributed by atoms with Crippen LogP contribution in [0.3, 0.4) is 0 Å². The number of piperidine rings is 2. The second-order valence-electron chi connectivity index (χ2n) is 13.1. The van der Waals surface area contributed by atoms with Crippen LogP contribution < -0.4 is 0 Å². The molecule has 6 rings (SSSR count). The maximum Gasteiger partial charge on any atom is 1.00 e. The first-order valence-corrected chi connectivity index (χ1v) is 33.1. The number of fused-ring (bicyclic) bond motifs is 4. The number of ether oxygens (including phenoxy) is 2. The second-order valence-corrected chi connectivity index (χ2v) is 62.4. The van der Waals surface area contributed by atoms with Crippen molar-refractivity contribution in [2.24, 2.45) is 0 Å². The molecule has 0 spiro atoms. The summed E-state index contributed by atoms with van der Waals surface area (Å²) < 4.78 is 11.4. The van der Waals surface area contributed by atoms with Gasteiger partial charge in [-0.25, -0.2) is 0 Å². The summed E-state index contributed by atoms with van der Waals surface area (Å²) in [5, 5.41) is 19.1. The van der Waals surface area contributed by atoms with E-state index in [9.17, 15) is 19.8 Å². The van der Waals surface area contributed by atoms with Gasteiger partial charge in [-0.1, -0.05) is 60.7 Å². The molecule has 0 amide bonds. The third-order valence-corrected chi connectivity index (χ3v) is 10.0. The van der Waals surface area contributed by atoms with E-state index in [1.165, 1.54) is 25.7 Å². The normalized spacial score (nSPS) is 29.1. The van der Waals surface area contributed by atoms with Gasteiger partial charge in [-0.3, -0.25) is 9.59 Å². The number of benzene rings is 2. The van der Waals surface area contributed by atoms with Gasteiger partial charge in [0.15, 0.2) is 0 Å². The fourth-order valence-corrected chi connectivity index (χ4v) is 7.41. The van der Waals surface area contributed by atoms with Crippen molar-refractivity contribution in [1.82, 2.24) is 9.80 Å². The minimum atomic E-state index is -5.29. The summed E-state index contributed by atoms with van der Waals surface area (Å²) in [4.78, 5) is 29.6. The molecule has 15 heteroatoms. The van der Waals surface area contributed by atoms with E-state index >= 15 is 0 Å². The molecule has 4 unspecified atom stereocenters. The average molecular weight is 989 g/mol. The van der Waals surface area contributed by atoms with E-state index in [0.29, 0.717) is 24.2 Å². The van der Waals surface area contributed by atoms with Crippen molar-refractivity contribution < 1.29 is 39.4 Å². The molecule has 2 aromatic carbocycles. The minimum absolute atomic E-state index is 0. The van der Waals surface area contributed by atoms with E-state index < -0.39 is 19.1 Å². The van der Waals surface area contributed by atoms with Crippen molar-refractivity contribution in [2.75, 3.05) is 27.3 Å². The molecular formula is C34H48Cl6N2O6Pt. The number of carbonyl (C=O) groups excluding carboxylic acids is 2. The van der Waals surface area contributed by atoms with Crippen LogP contribution in [-0.2, 0) is 26.4 Å². The number of halogens is 6. The van der Waals surface area contributed by atoms with Gasteiger partial charge in [0.25, 0.3) is 0 Å². The quantitative estimate of drug-likeness (QED) is 0.256. The number of hydrogen-bond acceptors (Lipinski definition) is 8. The largest absolute Gasteiger partial charge is 1.00 e. The van der Waals surface area contributed by atoms with Gasteiger partial charge in [0.05, 0.1) is 13.2 Å². The van der Waals surface area contributed by atoms with Gasteiger partial charge >= 0.3 is 78.6 Å². The van der Waals surface area contributed by atoms with Gasteiger partial charge in [0, 0.05) is 24.2 Å². The van der Waals surface area contributed by atoms with Crippen LogP contribution in [0.1, 0.15) is 77.2 Å². The third kappa shape index (κ3) is 13.5. The Kier molecular flexibility index (Phi) is 14.2. The van der Waals surface area contributed by atoms with Crippen LogP contribution in [0, 0.1) is 0 Å². The first-order chi connectivity index (χ1) is 22.8. The molecule has 8 atom stereocenters. The minimum Gasteiger partial charge on any atom is 1.00 e. The maximum absolute atomic E-state index is 12.4. The molecule has 282 valence electrons. The maximum atomic E-state index is 12.4. The second kappa shape index (κ2) is 16.8. The Morgan fingerprint density at radius 1 is 0.653 bits per heavy atom. The molecule has 4 saturated heterocycles.